The van der Waals surface area contributed by atoms with Crippen molar-refractivity contribution in [2.45, 2.75) is 33.2 Å². The van der Waals surface area contributed by atoms with Gasteiger partial charge >= 0.3 is 5.97 Å². The molecule has 1 atom stereocenters. The van der Waals surface area contributed by atoms with Crippen molar-refractivity contribution in [1.29, 1.82) is 0 Å². The first-order valence-corrected chi connectivity index (χ1v) is 11.7. The van der Waals surface area contributed by atoms with Crippen LogP contribution in [0.1, 0.15) is 39.6 Å². The molecule has 3 rings (SSSR count). The molecule has 0 bridgehead atoms. The van der Waals surface area contributed by atoms with Gasteiger partial charge in [0.25, 0.3) is 5.91 Å². The first-order valence-electron chi connectivity index (χ1n) is 9.89. The Kier molecular flexibility index (Phi) is 6.22. The van der Waals surface area contributed by atoms with E-state index in [1.165, 1.54) is 17.9 Å². The first-order chi connectivity index (χ1) is 14.6. The van der Waals surface area contributed by atoms with Gasteiger partial charge in [-0.15, -0.1) is 0 Å². The lowest BCUT2D eigenvalue weighted by atomic mass is 10.1. The van der Waals surface area contributed by atoms with E-state index in [-0.39, 0.29) is 12.0 Å². The minimum atomic E-state index is -3.77. The highest BCUT2D eigenvalue weighted by Gasteiger charge is 2.33. The van der Waals surface area contributed by atoms with Crippen molar-refractivity contribution in [1.82, 2.24) is 4.57 Å². The molecule has 0 aliphatic carbocycles. The van der Waals surface area contributed by atoms with Crippen molar-refractivity contribution in [3.05, 3.63) is 65.4 Å². The van der Waals surface area contributed by atoms with E-state index in [1.807, 2.05) is 19.9 Å². The van der Waals surface area contributed by atoms with Crippen molar-refractivity contribution in [2.24, 2.45) is 0 Å². The fourth-order valence-corrected chi connectivity index (χ4v) is 4.90. The van der Waals surface area contributed by atoms with Gasteiger partial charge in [-0.25, -0.2) is 13.2 Å². The van der Waals surface area contributed by atoms with E-state index in [0.717, 1.165) is 21.7 Å². The van der Waals surface area contributed by atoms with Gasteiger partial charge in [0.05, 0.1) is 30.1 Å². The van der Waals surface area contributed by atoms with Gasteiger partial charge in [-0.05, 0) is 49.6 Å². The molecule has 0 unspecified atom stereocenters. The van der Waals surface area contributed by atoms with Crippen LogP contribution in [-0.2, 0) is 14.8 Å². The quantitative estimate of drug-likeness (QED) is 0.540. The number of benzene rings is 2. The highest BCUT2D eigenvalue weighted by atomic mass is 32.2. The van der Waals surface area contributed by atoms with Crippen LogP contribution in [0.5, 0.6) is 0 Å². The number of aromatic nitrogens is 1. The van der Waals surface area contributed by atoms with Gasteiger partial charge in [0.1, 0.15) is 6.04 Å². The summed E-state index contributed by atoms with van der Waals surface area (Å²) < 4.78 is 32.9. The Bertz CT molecular complexity index is 1260. The molecule has 0 aliphatic heterocycles. The zero-order valence-corrected chi connectivity index (χ0v) is 19.1. The third-order valence-electron chi connectivity index (χ3n) is 5.41. The number of nitrogens with zero attached hydrogens (tertiary/aromatic N) is 2. The zero-order valence-electron chi connectivity index (χ0n) is 18.2. The summed E-state index contributed by atoms with van der Waals surface area (Å²) in [6, 6.07) is 11.3. The number of anilines is 1. The molecule has 0 radical (unpaired) electrons. The third kappa shape index (κ3) is 4.20. The molecule has 0 saturated heterocycles. The summed E-state index contributed by atoms with van der Waals surface area (Å²) in [4.78, 5) is 25.9. The molecule has 0 saturated carbocycles. The van der Waals surface area contributed by atoms with Gasteiger partial charge in [-0.2, -0.15) is 0 Å². The van der Waals surface area contributed by atoms with Gasteiger partial charge < -0.3 is 4.74 Å². The Morgan fingerprint density at radius 1 is 1.10 bits per heavy atom. The van der Waals surface area contributed by atoms with Crippen LogP contribution in [-0.4, -0.2) is 44.3 Å². The van der Waals surface area contributed by atoms with Crippen LogP contribution in [0, 0.1) is 13.8 Å². The lowest BCUT2D eigenvalue weighted by Gasteiger charge is -2.30. The monoisotopic (exact) mass is 442 g/mol. The average molecular weight is 443 g/mol. The van der Waals surface area contributed by atoms with E-state index in [4.69, 9.17) is 4.74 Å². The number of sulfonamides is 1. The summed E-state index contributed by atoms with van der Waals surface area (Å²) in [6.07, 6.45) is 2.76. The lowest BCUT2D eigenvalue weighted by molar-refractivity contribution is 0.0603. The highest BCUT2D eigenvalue weighted by Crippen LogP contribution is 2.28. The lowest BCUT2D eigenvalue weighted by Crippen LogP contribution is -2.46. The highest BCUT2D eigenvalue weighted by molar-refractivity contribution is 7.92. The van der Waals surface area contributed by atoms with Gasteiger partial charge in [0.2, 0.25) is 10.0 Å². The van der Waals surface area contributed by atoms with Crippen LogP contribution in [0.4, 0.5) is 5.69 Å². The second kappa shape index (κ2) is 8.55. The summed E-state index contributed by atoms with van der Waals surface area (Å²) in [5.74, 6) is -1.01. The normalized spacial score (nSPS) is 12.5. The minimum Gasteiger partial charge on any atom is -0.465 e. The van der Waals surface area contributed by atoms with Crippen LogP contribution in [0.3, 0.4) is 0 Å². The standard InChI is InChI=1S/C23H26N2O5S/c1-6-20(25(31(5,28)29)17-12-11-15(2)16(3)13-17)22(26)24-14-19(23(27)30-4)18-9-7-8-10-21(18)24/h7-14,20H,6H2,1-5H3/t20-/m1/s1. The molecule has 0 fully saturated rings. The van der Waals surface area contributed by atoms with Crippen LogP contribution in [0.25, 0.3) is 10.9 Å². The topological polar surface area (TPSA) is 85.7 Å². The summed E-state index contributed by atoms with van der Waals surface area (Å²) in [5.41, 5.74) is 3.14. The number of carbonyl (C=O) groups excluding carboxylic acids is 2. The maximum absolute atomic E-state index is 13.6. The SMILES string of the molecule is CC[C@H](C(=O)n1cc(C(=O)OC)c2ccccc21)N(c1ccc(C)c(C)c1)S(C)(=O)=O. The summed E-state index contributed by atoms with van der Waals surface area (Å²) in [5, 5.41) is 0.564. The van der Waals surface area contributed by atoms with Gasteiger partial charge in [0.15, 0.2) is 0 Å². The van der Waals surface area contributed by atoms with Crippen molar-refractivity contribution < 1.29 is 22.7 Å². The number of esters is 1. The number of carbonyl (C=O) groups is 2. The maximum Gasteiger partial charge on any atom is 0.340 e. The van der Waals surface area contributed by atoms with E-state index in [9.17, 15) is 18.0 Å². The molecular weight excluding hydrogens is 416 g/mol. The largest absolute Gasteiger partial charge is 0.465 e. The molecule has 164 valence electrons. The number of rotatable bonds is 6. The minimum absolute atomic E-state index is 0.249. The number of fused-ring (bicyclic) bond motifs is 1. The molecule has 8 heteroatoms. The summed E-state index contributed by atoms with van der Waals surface area (Å²) >= 11 is 0. The Hall–Kier alpha value is -3.13. The third-order valence-corrected chi connectivity index (χ3v) is 6.59. The Labute approximate surface area is 182 Å². The molecule has 7 nitrogen and oxygen atoms in total. The van der Waals surface area contributed by atoms with Crippen LogP contribution in [0.2, 0.25) is 0 Å². The van der Waals surface area contributed by atoms with E-state index in [0.29, 0.717) is 16.6 Å². The molecule has 3 aromatic rings. The molecular formula is C23H26N2O5S. The van der Waals surface area contributed by atoms with Crippen LogP contribution < -0.4 is 4.31 Å². The predicted octanol–water partition coefficient (Wildman–Crippen LogP) is 3.93. The molecule has 2 aromatic carbocycles. The number of hydrogen-bond donors (Lipinski definition) is 0. The predicted molar refractivity (Wildman–Crippen MR) is 121 cm³/mol. The Morgan fingerprint density at radius 3 is 2.35 bits per heavy atom. The van der Waals surface area contributed by atoms with Crippen molar-refractivity contribution in [2.75, 3.05) is 17.7 Å². The molecule has 1 aromatic heterocycles. The molecule has 0 spiro atoms. The number of para-hydroxylation sites is 1. The van der Waals surface area contributed by atoms with Gasteiger partial charge in [0, 0.05) is 11.6 Å². The van der Waals surface area contributed by atoms with E-state index >= 15 is 0 Å². The fraction of sp³-hybridized carbons (Fsp3) is 0.304. The number of hydrogen-bond acceptors (Lipinski definition) is 5. The maximum atomic E-state index is 13.6. The molecule has 0 amide bonds. The van der Waals surface area contributed by atoms with Gasteiger partial charge in [-0.1, -0.05) is 31.2 Å². The summed E-state index contributed by atoms with van der Waals surface area (Å²) in [7, 11) is -2.50. The zero-order chi connectivity index (χ0) is 22.9. The van der Waals surface area contributed by atoms with E-state index in [1.54, 1.807) is 43.3 Å². The smallest absolute Gasteiger partial charge is 0.340 e. The molecule has 0 N–H and O–H groups in total. The number of ether oxygens (including phenoxy) is 1. The molecule has 0 aliphatic rings. The van der Waals surface area contributed by atoms with Crippen LogP contribution >= 0.6 is 0 Å². The van der Waals surface area contributed by atoms with Crippen LogP contribution in [0.15, 0.2) is 48.7 Å². The second-order valence-electron chi connectivity index (χ2n) is 7.51. The van der Waals surface area contributed by atoms with Gasteiger partial charge in [-0.3, -0.25) is 13.7 Å². The first kappa shape index (κ1) is 22.6. The van der Waals surface area contributed by atoms with E-state index in [2.05, 4.69) is 0 Å². The van der Waals surface area contributed by atoms with E-state index < -0.39 is 27.9 Å². The molecule has 1 heterocycles. The Morgan fingerprint density at radius 2 is 1.77 bits per heavy atom. The number of methoxy groups -OCH3 is 1. The average Bonchev–Trinajstić information content (AvgIpc) is 3.12. The summed E-state index contributed by atoms with van der Waals surface area (Å²) in [6.45, 7) is 5.59. The number of aryl methyl sites for hydroxylation is 2. The fourth-order valence-electron chi connectivity index (χ4n) is 3.70. The van der Waals surface area contributed by atoms with Crippen molar-refractivity contribution in [3.8, 4) is 0 Å². The van der Waals surface area contributed by atoms with Crippen molar-refractivity contribution in [3.63, 3.8) is 0 Å². The molecule has 31 heavy (non-hydrogen) atoms. The Balaban J connectivity index is 2.18. The second-order valence-corrected chi connectivity index (χ2v) is 9.37. The van der Waals surface area contributed by atoms with Crippen molar-refractivity contribution >= 4 is 38.5 Å².